The molecule has 0 bridgehead atoms. The van der Waals surface area contributed by atoms with Crippen molar-refractivity contribution in [2.75, 3.05) is 17.2 Å². The van der Waals surface area contributed by atoms with Gasteiger partial charge in [-0.1, -0.05) is 72.8 Å². The van der Waals surface area contributed by atoms with E-state index < -0.39 is 7.82 Å². The standard InChI is InChI=1S/C30H24N3O4P/c31-25-13-1-10-22-19(25)7-4-16-28(22)35-38(34,36-29-17-5-8-20-23(29)11-2-14-26(20)32)37-30-18-6-9-21-24(30)12-3-15-27(21)33/h1-18H,31-33H2. The number of benzene rings is 6. The Labute approximate surface area is 219 Å². The number of nitrogens with two attached hydrogens (primary N) is 3. The van der Waals surface area contributed by atoms with Crippen LogP contribution in [0.1, 0.15) is 0 Å². The Balaban J connectivity index is 1.50. The van der Waals surface area contributed by atoms with Crippen molar-refractivity contribution in [1.82, 2.24) is 0 Å². The molecule has 6 aromatic rings. The van der Waals surface area contributed by atoms with Crippen molar-refractivity contribution in [3.05, 3.63) is 109 Å². The molecule has 0 radical (unpaired) electrons. The second-order valence-corrected chi connectivity index (χ2v) is 10.3. The van der Waals surface area contributed by atoms with E-state index in [1.165, 1.54) is 0 Å². The van der Waals surface area contributed by atoms with E-state index in [2.05, 4.69) is 0 Å². The van der Waals surface area contributed by atoms with E-state index in [0.717, 1.165) is 16.2 Å². The van der Waals surface area contributed by atoms with Crippen molar-refractivity contribution in [3.8, 4) is 17.2 Å². The van der Waals surface area contributed by atoms with Gasteiger partial charge in [-0.15, -0.1) is 0 Å². The van der Waals surface area contributed by atoms with E-state index >= 15 is 0 Å². The molecule has 0 aliphatic rings. The third-order valence-corrected chi connectivity index (χ3v) is 7.64. The summed E-state index contributed by atoms with van der Waals surface area (Å²) < 4.78 is 32.9. The van der Waals surface area contributed by atoms with Crippen LogP contribution >= 0.6 is 7.82 Å². The molecule has 0 saturated heterocycles. The third-order valence-electron chi connectivity index (χ3n) is 6.38. The number of hydrogen-bond donors (Lipinski definition) is 3. The Hall–Kier alpha value is -4.87. The number of phosphoric ester groups is 1. The zero-order valence-electron chi connectivity index (χ0n) is 20.2. The number of anilines is 3. The van der Waals surface area contributed by atoms with Gasteiger partial charge in [0, 0.05) is 49.4 Å². The molecule has 0 amide bonds. The predicted molar refractivity (Wildman–Crippen MR) is 155 cm³/mol. The summed E-state index contributed by atoms with van der Waals surface area (Å²) in [6, 6.07) is 32.3. The Morgan fingerprint density at radius 3 is 0.974 bits per heavy atom. The van der Waals surface area contributed by atoms with Crippen LogP contribution in [0.15, 0.2) is 109 Å². The van der Waals surface area contributed by atoms with E-state index in [9.17, 15) is 4.57 Å². The minimum absolute atomic E-state index is 0.303. The van der Waals surface area contributed by atoms with Gasteiger partial charge in [0.1, 0.15) is 17.2 Å². The summed E-state index contributed by atoms with van der Waals surface area (Å²) in [5.74, 6) is 0.910. The van der Waals surface area contributed by atoms with Gasteiger partial charge in [0.15, 0.2) is 0 Å². The Kier molecular flexibility index (Phi) is 5.70. The second-order valence-electron chi connectivity index (χ2n) is 8.82. The lowest BCUT2D eigenvalue weighted by Crippen LogP contribution is -2.08. The summed E-state index contributed by atoms with van der Waals surface area (Å²) in [5, 5.41) is 4.28. The van der Waals surface area contributed by atoms with Crippen LogP contribution in [0.25, 0.3) is 32.3 Å². The van der Waals surface area contributed by atoms with Crippen LogP contribution in [0.4, 0.5) is 17.1 Å². The first-order valence-corrected chi connectivity index (χ1v) is 13.4. The van der Waals surface area contributed by atoms with E-state index in [4.69, 9.17) is 30.8 Å². The summed E-state index contributed by atoms with van der Waals surface area (Å²) >= 11 is 0. The van der Waals surface area contributed by atoms with Crippen LogP contribution in [0.5, 0.6) is 17.2 Å². The van der Waals surface area contributed by atoms with Gasteiger partial charge < -0.3 is 30.8 Å². The van der Waals surface area contributed by atoms with Crippen LogP contribution in [0, 0.1) is 0 Å². The highest BCUT2D eigenvalue weighted by Gasteiger charge is 2.35. The van der Waals surface area contributed by atoms with Gasteiger partial charge in [-0.25, -0.2) is 0 Å². The molecular weight excluding hydrogens is 497 g/mol. The highest BCUT2D eigenvalue weighted by Crippen LogP contribution is 2.53. The van der Waals surface area contributed by atoms with Crippen LogP contribution in [0.3, 0.4) is 0 Å². The molecule has 6 aromatic carbocycles. The molecule has 0 heterocycles. The minimum atomic E-state index is -4.37. The summed E-state index contributed by atoms with van der Waals surface area (Å²) in [7, 11) is -4.37. The number of rotatable bonds is 6. The van der Waals surface area contributed by atoms with Crippen molar-refractivity contribution < 1.29 is 18.1 Å². The van der Waals surface area contributed by atoms with Crippen molar-refractivity contribution in [1.29, 1.82) is 0 Å². The number of phosphoric acid groups is 1. The van der Waals surface area contributed by atoms with Crippen LogP contribution in [-0.2, 0) is 4.57 Å². The Morgan fingerprint density at radius 2 is 0.658 bits per heavy atom. The topological polar surface area (TPSA) is 123 Å². The fourth-order valence-electron chi connectivity index (χ4n) is 4.57. The Morgan fingerprint density at radius 1 is 0.395 bits per heavy atom. The van der Waals surface area contributed by atoms with Gasteiger partial charge in [0.25, 0.3) is 0 Å². The predicted octanol–water partition coefficient (Wildman–Crippen LogP) is 7.54. The zero-order chi connectivity index (χ0) is 26.3. The average Bonchev–Trinajstić information content (AvgIpc) is 2.91. The highest BCUT2D eigenvalue weighted by atomic mass is 31.2. The van der Waals surface area contributed by atoms with Crippen LogP contribution < -0.4 is 30.8 Å². The number of nitrogen functional groups attached to an aromatic ring is 3. The summed E-state index contributed by atoms with van der Waals surface area (Å²) in [6.45, 7) is 0. The van der Waals surface area contributed by atoms with E-state index in [-0.39, 0.29) is 0 Å². The number of fused-ring (bicyclic) bond motifs is 3. The molecule has 0 spiro atoms. The molecule has 8 heteroatoms. The molecule has 0 aliphatic heterocycles. The quantitative estimate of drug-likeness (QED) is 0.153. The molecule has 6 rings (SSSR count). The first kappa shape index (κ1) is 23.5. The zero-order valence-corrected chi connectivity index (χ0v) is 21.1. The molecular formula is C30H24N3O4P. The molecule has 0 aliphatic carbocycles. The fourth-order valence-corrected chi connectivity index (χ4v) is 5.88. The maximum absolute atomic E-state index is 14.5. The molecule has 0 atom stereocenters. The first-order valence-electron chi connectivity index (χ1n) is 11.9. The molecule has 38 heavy (non-hydrogen) atoms. The SMILES string of the molecule is Nc1cccc2c(OP(=O)(Oc3cccc4c(N)cccc34)Oc3cccc4c(N)cccc34)cccc12. The molecule has 0 saturated carbocycles. The lowest BCUT2D eigenvalue weighted by Gasteiger charge is -2.22. The van der Waals surface area contributed by atoms with Gasteiger partial charge >= 0.3 is 7.82 Å². The van der Waals surface area contributed by atoms with Gasteiger partial charge in [-0.05, 0) is 36.4 Å². The monoisotopic (exact) mass is 521 g/mol. The normalized spacial score (nSPS) is 11.6. The van der Waals surface area contributed by atoms with Crippen molar-refractivity contribution in [3.63, 3.8) is 0 Å². The van der Waals surface area contributed by atoms with Gasteiger partial charge in [0.2, 0.25) is 0 Å². The lowest BCUT2D eigenvalue weighted by molar-refractivity contribution is 0.302. The molecule has 7 nitrogen and oxygen atoms in total. The highest BCUT2D eigenvalue weighted by molar-refractivity contribution is 7.49. The molecule has 0 unspecified atom stereocenters. The van der Waals surface area contributed by atoms with E-state index in [1.807, 2.05) is 36.4 Å². The summed E-state index contributed by atoms with van der Waals surface area (Å²) in [6.07, 6.45) is 0. The Bertz CT molecular complexity index is 1670. The maximum Gasteiger partial charge on any atom is 0.647 e. The number of hydrogen-bond acceptors (Lipinski definition) is 7. The summed E-state index contributed by atoms with van der Waals surface area (Å²) in [4.78, 5) is 0. The molecule has 6 N–H and O–H groups in total. The minimum Gasteiger partial charge on any atom is -0.398 e. The molecule has 0 aromatic heterocycles. The van der Waals surface area contributed by atoms with E-state index in [0.29, 0.717) is 50.5 Å². The molecule has 188 valence electrons. The van der Waals surface area contributed by atoms with Crippen LogP contribution in [0.2, 0.25) is 0 Å². The van der Waals surface area contributed by atoms with Gasteiger partial charge in [0.05, 0.1) is 0 Å². The second kappa shape index (κ2) is 9.21. The van der Waals surface area contributed by atoms with Gasteiger partial charge in [-0.2, -0.15) is 4.57 Å². The van der Waals surface area contributed by atoms with Crippen molar-refractivity contribution in [2.24, 2.45) is 0 Å². The summed E-state index contributed by atoms with van der Waals surface area (Å²) in [5.41, 5.74) is 20.2. The van der Waals surface area contributed by atoms with E-state index in [1.54, 1.807) is 72.8 Å². The van der Waals surface area contributed by atoms with Crippen molar-refractivity contribution >= 4 is 57.2 Å². The fraction of sp³-hybridized carbons (Fsp3) is 0. The smallest absolute Gasteiger partial charge is 0.398 e. The average molecular weight is 522 g/mol. The lowest BCUT2D eigenvalue weighted by atomic mass is 10.1. The largest absolute Gasteiger partial charge is 0.647 e. The van der Waals surface area contributed by atoms with Crippen LogP contribution in [-0.4, -0.2) is 0 Å². The van der Waals surface area contributed by atoms with Crippen molar-refractivity contribution in [2.45, 2.75) is 0 Å². The third kappa shape index (κ3) is 4.19. The first-order chi connectivity index (χ1) is 18.4. The van der Waals surface area contributed by atoms with Gasteiger partial charge in [-0.3, -0.25) is 0 Å². The molecule has 0 fully saturated rings. The maximum atomic E-state index is 14.5.